The van der Waals surface area contributed by atoms with Crippen LogP contribution in [-0.4, -0.2) is 37.2 Å². The highest BCUT2D eigenvalue weighted by Crippen LogP contribution is 2.16. The van der Waals surface area contributed by atoms with E-state index in [1.54, 1.807) is 0 Å². The first-order valence-electron chi connectivity index (χ1n) is 34.7. The van der Waals surface area contributed by atoms with E-state index in [1.165, 1.54) is 128 Å². The van der Waals surface area contributed by atoms with E-state index in [0.717, 1.165) is 148 Å². The number of hydrogen-bond donors (Lipinski definition) is 0. The second-order valence-corrected chi connectivity index (χ2v) is 22.7. The fourth-order valence-electron chi connectivity index (χ4n) is 9.53. The lowest BCUT2D eigenvalue weighted by Crippen LogP contribution is -2.30. The van der Waals surface area contributed by atoms with Crippen molar-refractivity contribution in [3.63, 3.8) is 0 Å². The van der Waals surface area contributed by atoms with Gasteiger partial charge in [0.25, 0.3) is 0 Å². The van der Waals surface area contributed by atoms with Crippen molar-refractivity contribution < 1.29 is 28.6 Å². The summed E-state index contributed by atoms with van der Waals surface area (Å²) in [4.78, 5) is 38.4. The van der Waals surface area contributed by atoms with Crippen molar-refractivity contribution in [2.24, 2.45) is 0 Å². The SMILES string of the molecule is CC/C=C\C/C=C\C/C=C\C/C=C\C/C=C\C/C=C\C/C=C\CCCCCCCCCCCC(=O)OCC(COC(=O)CCCCCCCCCCCCCCCCC)OC(=O)CCCCCCCC/C=C\C/C=C\C/C=C\C/C=C\CC. The third kappa shape index (κ3) is 68.2. The molecule has 0 rings (SSSR count). The van der Waals surface area contributed by atoms with Crippen LogP contribution in [0.5, 0.6) is 0 Å². The van der Waals surface area contributed by atoms with Crippen LogP contribution >= 0.6 is 0 Å². The van der Waals surface area contributed by atoms with Crippen molar-refractivity contribution in [3.05, 3.63) is 134 Å². The maximum absolute atomic E-state index is 12.9. The Bertz CT molecular complexity index is 1750. The van der Waals surface area contributed by atoms with E-state index in [1.807, 2.05) is 0 Å². The molecule has 1 unspecified atom stereocenters. The van der Waals surface area contributed by atoms with Gasteiger partial charge >= 0.3 is 17.9 Å². The largest absolute Gasteiger partial charge is 0.462 e. The maximum Gasteiger partial charge on any atom is 0.306 e. The van der Waals surface area contributed by atoms with E-state index in [-0.39, 0.29) is 31.1 Å². The topological polar surface area (TPSA) is 78.9 Å². The van der Waals surface area contributed by atoms with Gasteiger partial charge in [0.05, 0.1) is 0 Å². The van der Waals surface area contributed by atoms with Crippen LogP contribution in [0.3, 0.4) is 0 Å². The van der Waals surface area contributed by atoms with Crippen molar-refractivity contribution in [2.75, 3.05) is 13.2 Å². The molecule has 0 bridgehead atoms. The zero-order valence-electron chi connectivity index (χ0n) is 54.2. The number of unbranched alkanes of at least 4 members (excludes halogenated alkanes) is 29. The van der Waals surface area contributed by atoms with Gasteiger partial charge in [0, 0.05) is 19.3 Å². The number of carbonyl (C=O) groups is 3. The van der Waals surface area contributed by atoms with Crippen LogP contribution in [-0.2, 0) is 28.6 Å². The van der Waals surface area contributed by atoms with Gasteiger partial charge in [-0.25, -0.2) is 0 Å². The van der Waals surface area contributed by atoms with Crippen LogP contribution in [0.4, 0.5) is 0 Å². The first-order valence-corrected chi connectivity index (χ1v) is 34.7. The van der Waals surface area contributed by atoms with Crippen LogP contribution in [0.15, 0.2) is 134 Å². The second-order valence-electron chi connectivity index (χ2n) is 22.7. The molecule has 0 amide bonds. The minimum absolute atomic E-state index is 0.0857. The monoisotopic (exact) mass is 1150 g/mol. The molecule has 0 aromatic carbocycles. The average molecular weight is 1150 g/mol. The number of allylic oxidation sites excluding steroid dienone is 22. The van der Waals surface area contributed by atoms with Crippen molar-refractivity contribution in [3.8, 4) is 0 Å². The lowest BCUT2D eigenvalue weighted by Gasteiger charge is -2.18. The molecule has 6 nitrogen and oxygen atoms in total. The molecule has 0 heterocycles. The number of hydrogen-bond acceptors (Lipinski definition) is 6. The molecule has 0 aromatic rings. The molecule has 472 valence electrons. The third-order valence-electron chi connectivity index (χ3n) is 14.7. The minimum atomic E-state index is -0.792. The van der Waals surface area contributed by atoms with Crippen molar-refractivity contribution in [1.29, 1.82) is 0 Å². The summed E-state index contributed by atoms with van der Waals surface area (Å²) >= 11 is 0. The Labute approximate surface area is 513 Å². The molecular weight excluding hydrogens is 1020 g/mol. The molecule has 0 saturated carbocycles. The summed E-state index contributed by atoms with van der Waals surface area (Å²) in [5.41, 5.74) is 0. The lowest BCUT2D eigenvalue weighted by atomic mass is 10.0. The molecule has 0 saturated heterocycles. The Morgan fingerprint density at radius 3 is 0.735 bits per heavy atom. The second kappa shape index (κ2) is 70.0. The summed E-state index contributed by atoms with van der Waals surface area (Å²) in [5, 5.41) is 0. The Hall–Kier alpha value is -4.45. The molecule has 0 aromatic heterocycles. The molecule has 0 N–H and O–H groups in total. The van der Waals surface area contributed by atoms with Crippen LogP contribution < -0.4 is 0 Å². The van der Waals surface area contributed by atoms with Gasteiger partial charge in [0.1, 0.15) is 13.2 Å². The number of esters is 3. The fourth-order valence-corrected chi connectivity index (χ4v) is 9.53. The molecule has 0 aliphatic rings. The molecule has 0 fully saturated rings. The molecule has 0 aliphatic heterocycles. The zero-order chi connectivity index (χ0) is 59.9. The van der Waals surface area contributed by atoms with Gasteiger partial charge in [-0.3, -0.25) is 14.4 Å². The summed E-state index contributed by atoms with van der Waals surface area (Å²) in [5.74, 6) is -0.897. The van der Waals surface area contributed by atoms with Crippen LogP contribution in [0.1, 0.15) is 316 Å². The molecule has 6 heteroatoms. The van der Waals surface area contributed by atoms with Gasteiger partial charge in [-0.15, -0.1) is 0 Å². The van der Waals surface area contributed by atoms with Crippen molar-refractivity contribution in [1.82, 2.24) is 0 Å². The number of carbonyl (C=O) groups excluding carboxylic acids is 3. The zero-order valence-corrected chi connectivity index (χ0v) is 54.2. The molecular formula is C77H128O6. The Morgan fingerprint density at radius 1 is 0.253 bits per heavy atom. The number of rotatable bonds is 62. The standard InChI is InChI=1S/C77H128O6/c1-4-7-10-13-16-19-22-25-28-30-32-33-34-35-36-37-38-39-40-41-42-43-45-46-49-52-55-58-61-64-67-70-76(79)82-73-74(72-81-75(78)69-66-63-60-57-54-51-48-27-24-21-18-15-12-9-6-3)83-77(80)71-68-65-62-59-56-53-50-47-44-31-29-26-23-20-17-14-11-8-5-2/h7-8,10-11,16-17,19-20,25-26,28-29,32-33,35-36,38-39,41-42,44,47,74H,4-6,9,12-15,18,21-24,27,30-31,34,37,40,43,45-46,48-73H2,1-3H3/b10-7-,11-8-,19-16-,20-17-,28-25-,29-26-,33-32-,36-35-,39-38-,42-41-,47-44-. The molecule has 0 spiro atoms. The van der Waals surface area contributed by atoms with E-state index >= 15 is 0 Å². The highest BCUT2D eigenvalue weighted by atomic mass is 16.6. The fraction of sp³-hybridized carbons (Fsp3) is 0.675. The summed E-state index contributed by atoms with van der Waals surface area (Å²) in [6.45, 7) is 6.42. The van der Waals surface area contributed by atoms with Crippen molar-refractivity contribution >= 4 is 17.9 Å². The lowest BCUT2D eigenvalue weighted by molar-refractivity contribution is -0.167. The molecule has 1 atom stereocenters. The molecule has 0 aliphatic carbocycles. The average Bonchev–Trinajstić information content (AvgIpc) is 3.49. The number of ether oxygens (including phenoxy) is 3. The molecule has 0 radical (unpaired) electrons. The first-order chi connectivity index (χ1) is 41.0. The highest BCUT2D eigenvalue weighted by Gasteiger charge is 2.19. The normalized spacial score (nSPS) is 13.0. The van der Waals surface area contributed by atoms with Crippen molar-refractivity contribution in [2.45, 2.75) is 322 Å². The molecule has 83 heavy (non-hydrogen) atoms. The summed E-state index contributed by atoms with van der Waals surface area (Å²) < 4.78 is 17.0. The van der Waals surface area contributed by atoms with E-state index in [0.29, 0.717) is 19.3 Å². The van der Waals surface area contributed by atoms with E-state index in [4.69, 9.17) is 14.2 Å². The van der Waals surface area contributed by atoms with E-state index in [2.05, 4.69) is 154 Å². The van der Waals surface area contributed by atoms with Gasteiger partial charge in [-0.2, -0.15) is 0 Å². The predicted molar refractivity (Wildman–Crippen MR) is 362 cm³/mol. The van der Waals surface area contributed by atoms with Gasteiger partial charge in [-0.1, -0.05) is 315 Å². The summed E-state index contributed by atoms with van der Waals surface area (Å²) in [6, 6.07) is 0. The summed E-state index contributed by atoms with van der Waals surface area (Å²) in [7, 11) is 0. The predicted octanol–water partition coefficient (Wildman–Crippen LogP) is 24.1. The third-order valence-corrected chi connectivity index (χ3v) is 14.7. The maximum atomic E-state index is 12.9. The highest BCUT2D eigenvalue weighted by molar-refractivity contribution is 5.71. The van der Waals surface area contributed by atoms with Crippen LogP contribution in [0.25, 0.3) is 0 Å². The Morgan fingerprint density at radius 2 is 0.470 bits per heavy atom. The Kier molecular flexibility index (Phi) is 66.3. The first kappa shape index (κ1) is 78.5. The smallest absolute Gasteiger partial charge is 0.306 e. The minimum Gasteiger partial charge on any atom is -0.462 e. The van der Waals surface area contributed by atoms with E-state index < -0.39 is 6.10 Å². The van der Waals surface area contributed by atoms with Crippen LogP contribution in [0, 0.1) is 0 Å². The van der Waals surface area contributed by atoms with Gasteiger partial charge < -0.3 is 14.2 Å². The summed E-state index contributed by atoms with van der Waals surface area (Å²) in [6.07, 6.45) is 98.9. The quantitative estimate of drug-likeness (QED) is 0.0261. The Balaban J connectivity index is 4.34. The van der Waals surface area contributed by atoms with Gasteiger partial charge in [0.15, 0.2) is 6.10 Å². The van der Waals surface area contributed by atoms with E-state index in [9.17, 15) is 14.4 Å². The van der Waals surface area contributed by atoms with Gasteiger partial charge in [-0.05, 0) is 116 Å². The van der Waals surface area contributed by atoms with Crippen LogP contribution in [0.2, 0.25) is 0 Å². The van der Waals surface area contributed by atoms with Gasteiger partial charge in [0.2, 0.25) is 0 Å².